The molecule has 1 unspecified atom stereocenters. The van der Waals surface area contributed by atoms with Crippen LogP contribution in [0.1, 0.15) is 36.3 Å². The fourth-order valence-electron chi connectivity index (χ4n) is 2.27. The summed E-state index contributed by atoms with van der Waals surface area (Å²) in [5.74, 6) is 0.0601. The monoisotopic (exact) mass is 503 g/mol. The van der Waals surface area contributed by atoms with Crippen molar-refractivity contribution in [2.45, 2.75) is 46.8 Å². The van der Waals surface area contributed by atoms with Crippen molar-refractivity contribution in [1.82, 2.24) is 15.6 Å². The van der Waals surface area contributed by atoms with Crippen LogP contribution in [-0.4, -0.2) is 36.2 Å². The van der Waals surface area contributed by atoms with Gasteiger partial charge in [-0.15, -0.1) is 23.1 Å². The molecule has 0 aliphatic heterocycles. The second-order valence-electron chi connectivity index (χ2n) is 7.11. The van der Waals surface area contributed by atoms with Gasteiger partial charge in [-0.2, -0.15) is 13.2 Å². The molecule has 0 saturated heterocycles. The minimum absolute atomic E-state index is 0.0676. The fourth-order valence-corrected chi connectivity index (χ4v) is 3.95. The van der Waals surface area contributed by atoms with Gasteiger partial charge in [-0.25, -0.2) is 4.98 Å². The number of hydrogen-bond acceptors (Lipinski definition) is 7. The molecule has 1 amide bonds. The molecule has 11 heteroatoms. The second kappa shape index (κ2) is 15.3. The number of aryl methyl sites for hydroxylation is 2. The van der Waals surface area contributed by atoms with E-state index >= 15 is 0 Å². The largest absolute Gasteiger partial charge is 0.408 e. The van der Waals surface area contributed by atoms with Crippen molar-refractivity contribution in [1.29, 1.82) is 0 Å². The van der Waals surface area contributed by atoms with Crippen LogP contribution in [-0.2, 0) is 4.79 Å². The zero-order chi connectivity index (χ0) is 25.6. The summed E-state index contributed by atoms with van der Waals surface area (Å²) in [7, 11) is 0. The highest BCUT2D eigenvalue weighted by Gasteiger charge is 2.41. The molecule has 1 atom stereocenters. The van der Waals surface area contributed by atoms with Gasteiger partial charge in [0.25, 0.3) is 0 Å². The van der Waals surface area contributed by atoms with Crippen molar-refractivity contribution in [2.24, 2.45) is 16.6 Å². The van der Waals surface area contributed by atoms with Gasteiger partial charge in [0.1, 0.15) is 6.04 Å². The van der Waals surface area contributed by atoms with E-state index in [9.17, 15) is 18.0 Å². The molecule has 1 heterocycles. The van der Waals surface area contributed by atoms with Gasteiger partial charge in [-0.05, 0) is 56.7 Å². The van der Waals surface area contributed by atoms with E-state index in [0.29, 0.717) is 5.88 Å². The number of nitrogens with one attached hydrogen (secondary N) is 2. The Morgan fingerprint density at radius 3 is 2.36 bits per heavy atom. The highest BCUT2D eigenvalue weighted by atomic mass is 32.2. The molecule has 1 aromatic heterocycles. The van der Waals surface area contributed by atoms with E-state index in [-0.39, 0.29) is 6.41 Å². The number of hydrogen-bond donors (Lipinski definition) is 3. The predicted octanol–water partition coefficient (Wildman–Crippen LogP) is 5.29. The summed E-state index contributed by atoms with van der Waals surface area (Å²) < 4.78 is 35.8. The second-order valence-corrected chi connectivity index (χ2v) is 9.17. The Bertz CT molecular complexity index is 874. The summed E-state index contributed by atoms with van der Waals surface area (Å²) in [6.07, 6.45) is 1.08. The van der Waals surface area contributed by atoms with E-state index < -0.39 is 18.1 Å². The maximum atomic E-state index is 11.9. The Hall–Kier alpha value is -2.53. The van der Waals surface area contributed by atoms with Crippen molar-refractivity contribution in [3.63, 3.8) is 0 Å². The highest BCUT2D eigenvalue weighted by molar-refractivity contribution is 8.02. The number of aliphatic imine (C=N–C) groups is 1. The van der Waals surface area contributed by atoms with E-state index in [1.165, 1.54) is 13.8 Å². The van der Waals surface area contributed by atoms with Gasteiger partial charge in [-0.1, -0.05) is 26.5 Å². The lowest BCUT2D eigenvalue weighted by molar-refractivity contribution is -0.167. The first kappa shape index (κ1) is 30.5. The Morgan fingerprint density at radius 1 is 1.33 bits per heavy atom. The number of thioether (sulfide) groups is 1. The number of carbonyl (C=O) groups is 1. The number of carbonyl (C=O) groups excluding carboxylic acids is 1. The van der Waals surface area contributed by atoms with E-state index in [2.05, 4.69) is 28.6 Å². The number of rotatable bonds is 11. The summed E-state index contributed by atoms with van der Waals surface area (Å²) in [6, 6.07) is -1.74. The van der Waals surface area contributed by atoms with Crippen molar-refractivity contribution in [2.75, 3.05) is 5.88 Å². The van der Waals surface area contributed by atoms with Gasteiger partial charge in [0.15, 0.2) is 0 Å². The molecular weight excluding hydrogens is 471 g/mol. The maximum absolute atomic E-state index is 11.9. The molecule has 0 bridgehead atoms. The number of thiazole rings is 1. The Kier molecular flexibility index (Phi) is 14.2. The SMILES string of the molecule is C=N/C(=C\SCNC(=C)/C=C\C(C)=C/N)c1sc(C)nc1C.CC(C)C(NC=O)C(F)(F)F. The smallest absolute Gasteiger partial charge is 0.404 e. The first-order valence-electron chi connectivity index (χ1n) is 9.85. The van der Waals surface area contributed by atoms with Gasteiger partial charge in [0, 0.05) is 5.70 Å². The van der Waals surface area contributed by atoms with Gasteiger partial charge in [0.05, 0.1) is 27.2 Å². The standard InChI is InChI=1S/C16H22N4S2.C6H10F3NO/c1-11(8-17)6-7-12(2)19-10-21-9-15(18-5)16-13(3)20-14(4)22-16;1-4(2)5(10-3-11)6(7,8)9/h6-9,19H,2,5,10,17H2,1,3-4H3;3-5H,1-2H3,(H,10,11)/b7-6-,11-8-,15-9-;. The molecule has 6 nitrogen and oxygen atoms in total. The first-order valence-corrected chi connectivity index (χ1v) is 11.7. The number of nitrogens with two attached hydrogens (primary N) is 1. The van der Waals surface area contributed by atoms with Crippen molar-refractivity contribution < 1.29 is 18.0 Å². The maximum Gasteiger partial charge on any atom is 0.408 e. The van der Waals surface area contributed by atoms with Crippen LogP contribution in [0.3, 0.4) is 0 Å². The van der Waals surface area contributed by atoms with E-state index in [1.54, 1.807) is 34.6 Å². The van der Waals surface area contributed by atoms with Crippen LogP contribution >= 0.6 is 23.1 Å². The quantitative estimate of drug-likeness (QED) is 0.125. The minimum atomic E-state index is -4.35. The third kappa shape index (κ3) is 12.3. The van der Waals surface area contributed by atoms with E-state index in [4.69, 9.17) is 5.73 Å². The average molecular weight is 504 g/mol. The molecule has 0 fully saturated rings. The summed E-state index contributed by atoms with van der Waals surface area (Å²) in [6.45, 7) is 16.3. The van der Waals surface area contributed by atoms with Crippen LogP contribution < -0.4 is 16.4 Å². The van der Waals surface area contributed by atoms with Gasteiger partial charge < -0.3 is 16.4 Å². The summed E-state index contributed by atoms with van der Waals surface area (Å²) in [4.78, 5) is 19.3. The molecule has 4 N–H and O–H groups in total. The first-order chi connectivity index (χ1) is 15.4. The zero-order valence-electron chi connectivity index (χ0n) is 19.5. The molecular formula is C22H32F3N5OS2. The number of nitrogens with zero attached hydrogens (tertiary/aromatic N) is 2. The van der Waals surface area contributed by atoms with Gasteiger partial charge in [0.2, 0.25) is 6.41 Å². The molecule has 0 aliphatic carbocycles. The number of alkyl halides is 3. The summed E-state index contributed by atoms with van der Waals surface area (Å²) in [5.41, 5.74) is 9.08. The zero-order valence-corrected chi connectivity index (χ0v) is 21.1. The molecule has 1 aromatic rings. The summed E-state index contributed by atoms with van der Waals surface area (Å²) >= 11 is 3.24. The molecule has 1 rings (SSSR count). The Morgan fingerprint density at radius 2 is 1.97 bits per heavy atom. The third-order valence-corrected chi connectivity index (χ3v) is 5.76. The van der Waals surface area contributed by atoms with Crippen LogP contribution in [0.15, 0.2) is 46.6 Å². The van der Waals surface area contributed by atoms with Crippen molar-refractivity contribution in [3.8, 4) is 0 Å². The van der Waals surface area contributed by atoms with Gasteiger partial charge >= 0.3 is 6.18 Å². The highest BCUT2D eigenvalue weighted by Crippen LogP contribution is 2.28. The van der Waals surface area contributed by atoms with Crippen LogP contribution in [0, 0.1) is 19.8 Å². The molecule has 184 valence electrons. The van der Waals surface area contributed by atoms with Crippen molar-refractivity contribution in [3.05, 3.63) is 57.2 Å². The summed E-state index contributed by atoms with van der Waals surface area (Å²) in [5, 5.41) is 7.95. The third-order valence-electron chi connectivity index (χ3n) is 3.96. The lowest BCUT2D eigenvalue weighted by Crippen LogP contribution is -2.45. The lowest BCUT2D eigenvalue weighted by atomic mass is 10.0. The number of halogens is 3. The molecule has 0 saturated carbocycles. The molecule has 33 heavy (non-hydrogen) atoms. The van der Waals surface area contributed by atoms with Crippen LogP contribution in [0.4, 0.5) is 13.2 Å². The topological polar surface area (TPSA) is 92.4 Å². The Labute approximate surface area is 202 Å². The van der Waals surface area contributed by atoms with E-state index in [1.807, 2.05) is 38.3 Å². The normalized spacial score (nSPS) is 13.4. The molecule has 0 spiro atoms. The molecule has 0 aliphatic rings. The van der Waals surface area contributed by atoms with Crippen molar-refractivity contribution >= 4 is 41.9 Å². The van der Waals surface area contributed by atoms with Gasteiger partial charge in [-0.3, -0.25) is 9.79 Å². The predicted molar refractivity (Wildman–Crippen MR) is 135 cm³/mol. The van der Waals surface area contributed by atoms with Crippen LogP contribution in [0.5, 0.6) is 0 Å². The fraction of sp³-hybridized carbons (Fsp3) is 0.409. The number of aromatic nitrogens is 1. The average Bonchev–Trinajstić information content (AvgIpc) is 3.07. The van der Waals surface area contributed by atoms with Crippen LogP contribution in [0.2, 0.25) is 0 Å². The molecule has 0 aromatic carbocycles. The molecule has 0 radical (unpaired) electrons. The van der Waals surface area contributed by atoms with Crippen LogP contribution in [0.25, 0.3) is 5.70 Å². The van der Waals surface area contributed by atoms with E-state index in [0.717, 1.165) is 32.5 Å². The minimum Gasteiger partial charge on any atom is -0.404 e. The lowest BCUT2D eigenvalue weighted by Gasteiger charge is -2.22. The number of allylic oxidation sites excluding steroid dienone is 3. The Balaban J connectivity index is 0.000000785. The number of amides is 1.